The van der Waals surface area contributed by atoms with Gasteiger partial charge in [-0.3, -0.25) is 9.59 Å². The van der Waals surface area contributed by atoms with Crippen molar-refractivity contribution in [3.8, 4) is 11.5 Å². The molecule has 3 N–H and O–H groups in total. The molecule has 0 heterocycles. The Kier molecular flexibility index (Phi) is 10.2. The number of hydrogen-bond donors (Lipinski definition) is 3. The minimum absolute atomic E-state index is 0.0597. The number of amides is 2. The van der Waals surface area contributed by atoms with Gasteiger partial charge in [0.2, 0.25) is 0 Å². The number of carbonyl (C=O) groups is 2. The molecule has 0 aliphatic heterocycles. The van der Waals surface area contributed by atoms with Crippen molar-refractivity contribution < 1.29 is 19.4 Å². The van der Waals surface area contributed by atoms with Crippen LogP contribution in [0.25, 0.3) is 6.08 Å². The SMILES string of the molecule is CCN(CC)c1ccc(/C=C(/NC(=O)c2ccccc2Cl)C(=O)N/N=C/c2cc(Cl)cc(OC)c2O)cc1. The number of benzene rings is 3. The molecule has 0 bridgehead atoms. The van der Waals surface area contributed by atoms with Crippen LogP contribution >= 0.6 is 23.2 Å². The standard InChI is InChI=1S/C28H28Cl2N4O4/c1-4-34(5-2)21-12-10-18(11-13-21)14-24(32-27(36)22-8-6-7-9-23(22)30)28(37)33-31-17-19-15-20(29)16-25(38-3)26(19)35/h6-17,35H,4-5H2,1-3H3,(H,32,36)(H,33,37)/b24-14+,31-17+. The molecule has 198 valence electrons. The first-order valence-corrected chi connectivity index (χ1v) is 12.5. The highest BCUT2D eigenvalue weighted by molar-refractivity contribution is 6.34. The first kappa shape index (κ1) is 28.6. The molecule has 0 saturated heterocycles. The lowest BCUT2D eigenvalue weighted by Gasteiger charge is -2.21. The Bertz CT molecular complexity index is 1350. The van der Waals surface area contributed by atoms with E-state index >= 15 is 0 Å². The number of nitrogens with one attached hydrogen (secondary N) is 2. The summed E-state index contributed by atoms with van der Waals surface area (Å²) >= 11 is 12.2. The molecular formula is C28H28Cl2N4O4. The summed E-state index contributed by atoms with van der Waals surface area (Å²) in [6.45, 7) is 5.87. The van der Waals surface area contributed by atoms with E-state index < -0.39 is 11.8 Å². The van der Waals surface area contributed by atoms with Crippen molar-refractivity contribution in [2.24, 2.45) is 5.10 Å². The summed E-state index contributed by atoms with van der Waals surface area (Å²) in [6.07, 6.45) is 2.75. The van der Waals surface area contributed by atoms with Gasteiger partial charge in [0, 0.05) is 35.4 Å². The Hall–Kier alpha value is -4.01. The van der Waals surface area contributed by atoms with E-state index in [0.29, 0.717) is 10.6 Å². The Morgan fingerprint density at radius 1 is 1.05 bits per heavy atom. The molecule has 0 fully saturated rings. The van der Waals surface area contributed by atoms with E-state index in [2.05, 4.69) is 34.6 Å². The molecule has 0 unspecified atom stereocenters. The number of phenolic OH excluding ortho intramolecular Hbond substituents is 1. The average Bonchev–Trinajstić information content (AvgIpc) is 2.91. The number of rotatable bonds is 10. The zero-order valence-electron chi connectivity index (χ0n) is 21.2. The van der Waals surface area contributed by atoms with Crippen molar-refractivity contribution in [3.63, 3.8) is 0 Å². The third kappa shape index (κ3) is 7.27. The van der Waals surface area contributed by atoms with Gasteiger partial charge < -0.3 is 20.1 Å². The number of hydrazone groups is 1. The van der Waals surface area contributed by atoms with E-state index in [9.17, 15) is 14.7 Å². The zero-order valence-corrected chi connectivity index (χ0v) is 22.7. The van der Waals surface area contributed by atoms with E-state index in [1.54, 1.807) is 24.3 Å². The van der Waals surface area contributed by atoms with Gasteiger partial charge in [0.15, 0.2) is 11.5 Å². The maximum atomic E-state index is 13.1. The molecule has 2 amide bonds. The van der Waals surface area contributed by atoms with E-state index in [-0.39, 0.29) is 33.3 Å². The Morgan fingerprint density at radius 3 is 2.37 bits per heavy atom. The average molecular weight is 555 g/mol. The topological polar surface area (TPSA) is 103 Å². The van der Waals surface area contributed by atoms with Crippen LogP contribution in [0.5, 0.6) is 11.5 Å². The summed E-state index contributed by atoms with van der Waals surface area (Å²) < 4.78 is 5.08. The van der Waals surface area contributed by atoms with Gasteiger partial charge >= 0.3 is 0 Å². The summed E-state index contributed by atoms with van der Waals surface area (Å²) in [5, 5.41) is 17.4. The third-order valence-corrected chi connectivity index (χ3v) is 6.15. The minimum atomic E-state index is -0.692. The Labute approximate surface area is 231 Å². The number of halogens is 2. The number of nitrogens with zero attached hydrogens (tertiary/aromatic N) is 2. The van der Waals surface area contributed by atoms with Gasteiger partial charge in [0.1, 0.15) is 5.70 Å². The summed E-state index contributed by atoms with van der Waals surface area (Å²) in [5.41, 5.74) is 4.48. The molecule has 0 atom stereocenters. The molecule has 0 radical (unpaired) electrons. The number of phenols is 1. The summed E-state index contributed by atoms with van der Waals surface area (Å²) in [6, 6.07) is 17.0. The normalized spacial score (nSPS) is 11.3. The van der Waals surface area contributed by atoms with Crippen LogP contribution in [0.1, 0.15) is 35.3 Å². The molecule has 10 heteroatoms. The molecule has 0 aliphatic carbocycles. The van der Waals surface area contributed by atoms with Gasteiger partial charge in [-0.15, -0.1) is 0 Å². The second-order valence-electron chi connectivity index (χ2n) is 8.00. The van der Waals surface area contributed by atoms with Crippen LogP contribution in [-0.2, 0) is 4.79 Å². The molecule has 3 aromatic carbocycles. The first-order valence-electron chi connectivity index (χ1n) is 11.8. The lowest BCUT2D eigenvalue weighted by atomic mass is 10.1. The fourth-order valence-corrected chi connectivity index (χ4v) is 4.04. The van der Waals surface area contributed by atoms with Gasteiger partial charge in [-0.1, -0.05) is 47.5 Å². The van der Waals surface area contributed by atoms with Crippen molar-refractivity contribution in [2.75, 3.05) is 25.1 Å². The highest BCUT2D eigenvalue weighted by Crippen LogP contribution is 2.32. The molecule has 0 spiro atoms. The van der Waals surface area contributed by atoms with Crippen LogP contribution < -0.4 is 20.4 Å². The fourth-order valence-electron chi connectivity index (χ4n) is 3.60. The fraction of sp³-hybridized carbons (Fsp3) is 0.179. The van der Waals surface area contributed by atoms with Crippen LogP contribution in [0.2, 0.25) is 10.0 Å². The van der Waals surface area contributed by atoms with Gasteiger partial charge in [0.05, 0.1) is 23.9 Å². The van der Waals surface area contributed by atoms with Crippen LogP contribution in [-0.4, -0.2) is 43.3 Å². The van der Waals surface area contributed by atoms with Gasteiger partial charge in [-0.25, -0.2) is 5.43 Å². The maximum absolute atomic E-state index is 13.1. The molecule has 0 saturated carbocycles. The number of hydrogen-bond acceptors (Lipinski definition) is 6. The predicted octanol–water partition coefficient (Wildman–Crippen LogP) is 5.48. The highest BCUT2D eigenvalue weighted by atomic mass is 35.5. The number of methoxy groups -OCH3 is 1. The summed E-state index contributed by atoms with van der Waals surface area (Å²) in [5.74, 6) is -1.28. The number of anilines is 1. The van der Waals surface area contributed by atoms with E-state index in [0.717, 1.165) is 18.8 Å². The highest BCUT2D eigenvalue weighted by Gasteiger charge is 2.17. The molecule has 3 aromatic rings. The largest absolute Gasteiger partial charge is 0.504 e. The van der Waals surface area contributed by atoms with Gasteiger partial charge in [-0.05, 0) is 55.8 Å². The van der Waals surface area contributed by atoms with Crippen molar-refractivity contribution in [3.05, 3.63) is 93.1 Å². The quantitative estimate of drug-likeness (QED) is 0.175. The number of carbonyl (C=O) groups excluding carboxylic acids is 2. The van der Waals surface area contributed by atoms with E-state index in [1.165, 1.54) is 31.5 Å². The molecular weight excluding hydrogens is 527 g/mol. The van der Waals surface area contributed by atoms with Crippen LogP contribution in [0.3, 0.4) is 0 Å². The predicted molar refractivity (Wildman–Crippen MR) is 152 cm³/mol. The molecule has 8 nitrogen and oxygen atoms in total. The van der Waals surface area contributed by atoms with Crippen molar-refractivity contribution >= 4 is 53.0 Å². The van der Waals surface area contributed by atoms with Gasteiger partial charge in [0.25, 0.3) is 11.8 Å². The van der Waals surface area contributed by atoms with Crippen molar-refractivity contribution in [2.45, 2.75) is 13.8 Å². The Balaban J connectivity index is 1.88. The lowest BCUT2D eigenvalue weighted by molar-refractivity contribution is -0.117. The number of aromatic hydroxyl groups is 1. The second-order valence-corrected chi connectivity index (χ2v) is 8.84. The lowest BCUT2D eigenvalue weighted by Crippen LogP contribution is -2.33. The summed E-state index contributed by atoms with van der Waals surface area (Å²) in [4.78, 5) is 28.2. The smallest absolute Gasteiger partial charge is 0.287 e. The zero-order chi connectivity index (χ0) is 27.7. The van der Waals surface area contributed by atoms with E-state index in [1.807, 2.05) is 24.3 Å². The molecule has 3 rings (SSSR count). The molecule has 38 heavy (non-hydrogen) atoms. The minimum Gasteiger partial charge on any atom is -0.504 e. The Morgan fingerprint density at radius 2 is 1.74 bits per heavy atom. The number of ether oxygens (including phenoxy) is 1. The van der Waals surface area contributed by atoms with E-state index in [4.69, 9.17) is 27.9 Å². The van der Waals surface area contributed by atoms with Crippen LogP contribution in [0.15, 0.2) is 71.5 Å². The van der Waals surface area contributed by atoms with Gasteiger partial charge in [-0.2, -0.15) is 5.10 Å². The van der Waals surface area contributed by atoms with Crippen molar-refractivity contribution in [1.82, 2.24) is 10.7 Å². The molecule has 0 aliphatic rings. The monoisotopic (exact) mass is 554 g/mol. The maximum Gasteiger partial charge on any atom is 0.287 e. The van der Waals surface area contributed by atoms with Crippen LogP contribution in [0, 0.1) is 0 Å². The second kappa shape index (κ2) is 13.5. The first-order chi connectivity index (χ1) is 18.3. The van der Waals surface area contributed by atoms with Crippen molar-refractivity contribution in [1.29, 1.82) is 0 Å². The summed E-state index contributed by atoms with van der Waals surface area (Å²) in [7, 11) is 1.39. The molecule has 0 aromatic heterocycles. The van der Waals surface area contributed by atoms with Crippen LogP contribution in [0.4, 0.5) is 5.69 Å². The third-order valence-electron chi connectivity index (χ3n) is 5.60.